The van der Waals surface area contributed by atoms with Crippen molar-refractivity contribution in [2.75, 3.05) is 23.3 Å². The van der Waals surface area contributed by atoms with Gasteiger partial charge in [-0.1, -0.05) is 19.1 Å². The summed E-state index contributed by atoms with van der Waals surface area (Å²) >= 11 is 3.52. The fourth-order valence-corrected chi connectivity index (χ4v) is 2.58. The van der Waals surface area contributed by atoms with Gasteiger partial charge in [-0.15, -0.1) is 0 Å². The zero-order valence-corrected chi connectivity index (χ0v) is 13.7. The zero-order valence-electron chi connectivity index (χ0n) is 12.1. The minimum absolute atomic E-state index is 0.270. The summed E-state index contributed by atoms with van der Waals surface area (Å²) in [6.07, 6.45) is 2.48. The van der Waals surface area contributed by atoms with Crippen molar-refractivity contribution < 1.29 is 4.39 Å². The van der Waals surface area contributed by atoms with Gasteiger partial charge in [-0.2, -0.15) is 0 Å². The molecule has 1 N–H and O–H groups in total. The molecule has 6 heteroatoms. The molecule has 0 aliphatic heterocycles. The van der Waals surface area contributed by atoms with E-state index in [0.717, 1.165) is 23.3 Å². The number of nitrogens with zero attached hydrogens (tertiary/aromatic N) is 3. The molecule has 21 heavy (non-hydrogen) atoms. The molecular weight excluding hydrogens is 335 g/mol. The molecule has 112 valence electrons. The van der Waals surface area contributed by atoms with Crippen LogP contribution in [0.1, 0.15) is 20.3 Å². The lowest BCUT2D eigenvalue weighted by molar-refractivity contribution is 0.625. The van der Waals surface area contributed by atoms with Crippen LogP contribution in [0.4, 0.5) is 21.7 Å². The van der Waals surface area contributed by atoms with E-state index in [-0.39, 0.29) is 5.82 Å². The minimum Gasteiger partial charge on any atom is -0.369 e. The number of halogens is 2. The summed E-state index contributed by atoms with van der Waals surface area (Å²) < 4.78 is 14.8. The number of hydrogen-bond acceptors (Lipinski definition) is 4. The molecular formula is C15H18BrFN4. The maximum Gasteiger partial charge on any atom is 0.153 e. The lowest BCUT2D eigenvalue weighted by atomic mass is 10.2. The first-order valence-corrected chi connectivity index (χ1v) is 7.74. The molecule has 1 aromatic heterocycles. The van der Waals surface area contributed by atoms with Gasteiger partial charge in [0.05, 0.1) is 5.69 Å². The number of nitrogens with one attached hydrogen (secondary N) is 1. The van der Waals surface area contributed by atoms with Crippen LogP contribution in [0.15, 0.2) is 35.1 Å². The monoisotopic (exact) mass is 352 g/mol. The van der Waals surface area contributed by atoms with E-state index in [1.807, 2.05) is 17.9 Å². The van der Waals surface area contributed by atoms with E-state index < -0.39 is 0 Å². The molecule has 0 aliphatic carbocycles. The second kappa shape index (κ2) is 7.36. The normalized spacial score (nSPS) is 10.5. The summed E-state index contributed by atoms with van der Waals surface area (Å²) in [5.41, 5.74) is 0.501. The van der Waals surface area contributed by atoms with E-state index in [1.54, 1.807) is 12.1 Å². The summed E-state index contributed by atoms with van der Waals surface area (Å²) in [5, 5.41) is 3.23. The Morgan fingerprint density at radius 3 is 2.67 bits per heavy atom. The van der Waals surface area contributed by atoms with Crippen molar-refractivity contribution in [2.45, 2.75) is 20.3 Å². The second-order valence-corrected chi connectivity index (χ2v) is 5.28. The molecule has 4 nitrogen and oxygen atoms in total. The van der Waals surface area contributed by atoms with Gasteiger partial charge < -0.3 is 10.2 Å². The van der Waals surface area contributed by atoms with E-state index in [0.29, 0.717) is 18.1 Å². The van der Waals surface area contributed by atoms with Gasteiger partial charge in [0.25, 0.3) is 0 Å². The van der Waals surface area contributed by atoms with Gasteiger partial charge >= 0.3 is 0 Å². The highest BCUT2D eigenvalue weighted by Crippen LogP contribution is 2.34. The zero-order chi connectivity index (χ0) is 15.2. The smallest absolute Gasteiger partial charge is 0.153 e. The highest BCUT2D eigenvalue weighted by molar-refractivity contribution is 9.10. The second-order valence-electron chi connectivity index (χ2n) is 4.48. The molecule has 0 fully saturated rings. The van der Waals surface area contributed by atoms with Gasteiger partial charge in [0.2, 0.25) is 0 Å². The van der Waals surface area contributed by atoms with E-state index in [1.165, 1.54) is 12.4 Å². The Bertz CT molecular complexity index is 606. The summed E-state index contributed by atoms with van der Waals surface area (Å²) in [4.78, 5) is 10.3. The average molecular weight is 353 g/mol. The standard InChI is InChI=1S/C15H18BrFN4/c1-3-9-18-14-13(16)15(20-10-19-14)21(4-2)12-8-6-5-7-11(12)17/h5-8,10H,3-4,9H2,1-2H3,(H,18,19,20). The number of rotatable bonds is 6. The van der Waals surface area contributed by atoms with Gasteiger partial charge in [-0.05, 0) is 41.4 Å². The SMILES string of the molecule is CCCNc1ncnc(N(CC)c2ccccc2F)c1Br. The predicted molar refractivity (Wildman–Crippen MR) is 87.6 cm³/mol. The maximum absolute atomic E-state index is 14.0. The van der Waals surface area contributed by atoms with E-state index in [4.69, 9.17) is 0 Å². The molecule has 0 amide bonds. The van der Waals surface area contributed by atoms with Crippen LogP contribution in [0.3, 0.4) is 0 Å². The van der Waals surface area contributed by atoms with Crippen LogP contribution in [-0.4, -0.2) is 23.1 Å². The third-order valence-electron chi connectivity index (χ3n) is 3.03. The van der Waals surface area contributed by atoms with Crippen LogP contribution in [0.5, 0.6) is 0 Å². The summed E-state index contributed by atoms with van der Waals surface area (Å²) in [5.74, 6) is 1.10. The van der Waals surface area contributed by atoms with Crippen molar-refractivity contribution in [3.05, 3.63) is 40.9 Å². The maximum atomic E-state index is 14.0. The van der Waals surface area contributed by atoms with E-state index in [9.17, 15) is 4.39 Å². The molecule has 0 bridgehead atoms. The number of para-hydroxylation sites is 1. The van der Waals surface area contributed by atoms with Crippen molar-refractivity contribution in [1.82, 2.24) is 9.97 Å². The van der Waals surface area contributed by atoms with Crippen molar-refractivity contribution in [3.8, 4) is 0 Å². The largest absolute Gasteiger partial charge is 0.369 e. The molecule has 1 heterocycles. The van der Waals surface area contributed by atoms with Gasteiger partial charge in [-0.25, -0.2) is 14.4 Å². The Morgan fingerprint density at radius 1 is 1.24 bits per heavy atom. The van der Waals surface area contributed by atoms with Crippen molar-refractivity contribution in [3.63, 3.8) is 0 Å². The Balaban J connectivity index is 2.41. The molecule has 1 aromatic carbocycles. The fraction of sp³-hybridized carbons (Fsp3) is 0.333. The van der Waals surface area contributed by atoms with Crippen molar-refractivity contribution >= 4 is 33.3 Å². The van der Waals surface area contributed by atoms with Crippen LogP contribution in [-0.2, 0) is 0 Å². The lowest BCUT2D eigenvalue weighted by Gasteiger charge is -2.24. The lowest BCUT2D eigenvalue weighted by Crippen LogP contribution is -2.20. The van der Waals surface area contributed by atoms with Crippen LogP contribution in [0.25, 0.3) is 0 Å². The molecule has 0 atom stereocenters. The summed E-state index contributed by atoms with van der Waals surface area (Å²) in [6, 6.07) is 6.68. The van der Waals surface area contributed by atoms with Crippen LogP contribution in [0.2, 0.25) is 0 Å². The molecule has 0 radical (unpaired) electrons. The quantitative estimate of drug-likeness (QED) is 0.838. The molecule has 2 aromatic rings. The number of benzene rings is 1. The molecule has 0 aliphatic rings. The highest BCUT2D eigenvalue weighted by atomic mass is 79.9. The molecule has 0 saturated heterocycles. The molecule has 0 saturated carbocycles. The predicted octanol–water partition coefficient (Wildman–Crippen LogP) is 4.36. The van der Waals surface area contributed by atoms with E-state index >= 15 is 0 Å². The molecule has 0 unspecified atom stereocenters. The first kappa shape index (κ1) is 15.7. The van der Waals surface area contributed by atoms with Gasteiger partial charge in [-0.3, -0.25) is 0 Å². The number of anilines is 3. The van der Waals surface area contributed by atoms with Crippen LogP contribution in [0, 0.1) is 5.82 Å². The third-order valence-corrected chi connectivity index (χ3v) is 3.76. The van der Waals surface area contributed by atoms with Crippen molar-refractivity contribution in [2.24, 2.45) is 0 Å². The fourth-order valence-electron chi connectivity index (χ4n) is 2.02. The molecule has 0 spiro atoms. The summed E-state index contributed by atoms with van der Waals surface area (Å²) in [7, 11) is 0. The number of aromatic nitrogens is 2. The van der Waals surface area contributed by atoms with Gasteiger partial charge in [0.1, 0.15) is 22.4 Å². The first-order valence-electron chi connectivity index (χ1n) is 6.95. The van der Waals surface area contributed by atoms with Crippen molar-refractivity contribution in [1.29, 1.82) is 0 Å². The Morgan fingerprint density at radius 2 is 2.00 bits per heavy atom. The first-order chi connectivity index (χ1) is 10.2. The Kier molecular flexibility index (Phi) is 5.50. The third kappa shape index (κ3) is 3.50. The minimum atomic E-state index is -0.270. The molecule has 2 rings (SSSR count). The van der Waals surface area contributed by atoms with Gasteiger partial charge in [0.15, 0.2) is 5.82 Å². The topological polar surface area (TPSA) is 41.1 Å². The van der Waals surface area contributed by atoms with Crippen LogP contribution >= 0.6 is 15.9 Å². The Labute approximate surface area is 132 Å². The highest BCUT2D eigenvalue weighted by Gasteiger charge is 2.18. The van der Waals surface area contributed by atoms with E-state index in [2.05, 4.69) is 38.1 Å². The summed E-state index contributed by atoms with van der Waals surface area (Å²) in [6.45, 7) is 5.46. The number of hydrogen-bond donors (Lipinski definition) is 1. The average Bonchev–Trinajstić information content (AvgIpc) is 2.50. The Hall–Kier alpha value is -1.69. The van der Waals surface area contributed by atoms with Gasteiger partial charge in [0, 0.05) is 13.1 Å². The van der Waals surface area contributed by atoms with Crippen LogP contribution < -0.4 is 10.2 Å².